The molecule has 0 spiro atoms. The van der Waals surface area contributed by atoms with Gasteiger partial charge in [-0.3, -0.25) is 0 Å². The van der Waals surface area contributed by atoms with Crippen molar-refractivity contribution in [1.82, 2.24) is 0 Å². The van der Waals surface area contributed by atoms with Gasteiger partial charge in [0.1, 0.15) is 0 Å². The van der Waals surface area contributed by atoms with Gasteiger partial charge in [0.25, 0.3) is 0 Å². The lowest BCUT2D eigenvalue weighted by Gasteiger charge is -2.11. The molecule has 0 aliphatic rings. The Morgan fingerprint density at radius 2 is 1.00 bits per heavy atom. The zero-order valence-electron chi connectivity index (χ0n) is 13.7. The fraction of sp³-hybridized carbons (Fsp3) is 0.238. The first-order valence-corrected chi connectivity index (χ1v) is 7.98. The molecule has 0 aliphatic heterocycles. The molecular weight excluding hydrogens is 252 g/mol. The van der Waals surface area contributed by atoms with E-state index in [0.717, 1.165) is 0 Å². The zero-order chi connectivity index (χ0) is 15.4. The second-order valence-corrected chi connectivity index (χ2v) is 4.74. The third-order valence-corrected chi connectivity index (χ3v) is 3.75. The van der Waals surface area contributed by atoms with Crippen LogP contribution in [0.4, 0.5) is 0 Å². The summed E-state index contributed by atoms with van der Waals surface area (Å²) in [6, 6.07) is 19.9. The molecule has 0 atom stereocenters. The van der Waals surface area contributed by atoms with Crippen molar-refractivity contribution in [2.45, 2.75) is 34.6 Å². The van der Waals surface area contributed by atoms with Crippen LogP contribution in [0, 0.1) is 6.92 Å². The molecule has 0 amide bonds. The van der Waals surface area contributed by atoms with Crippen LogP contribution >= 0.6 is 0 Å². The molecule has 0 heterocycles. The molecule has 0 aliphatic carbocycles. The molecule has 21 heavy (non-hydrogen) atoms. The third kappa shape index (κ3) is 2.47. The van der Waals surface area contributed by atoms with E-state index in [1.165, 1.54) is 37.9 Å². The van der Waals surface area contributed by atoms with E-state index < -0.39 is 0 Å². The monoisotopic (exact) mass is 276 g/mol. The summed E-state index contributed by atoms with van der Waals surface area (Å²) in [7, 11) is 0. The Balaban J connectivity index is 0.000000374. The molecule has 0 radical (unpaired) electrons. The molecule has 0 saturated heterocycles. The van der Waals surface area contributed by atoms with Crippen molar-refractivity contribution in [3.63, 3.8) is 0 Å². The van der Waals surface area contributed by atoms with Gasteiger partial charge in [0.05, 0.1) is 0 Å². The summed E-state index contributed by atoms with van der Waals surface area (Å²) in [5.41, 5.74) is 1.36. The van der Waals surface area contributed by atoms with Crippen LogP contribution in [-0.4, -0.2) is 0 Å². The first-order valence-electron chi connectivity index (χ1n) is 7.98. The van der Waals surface area contributed by atoms with Gasteiger partial charge in [-0.1, -0.05) is 82.3 Å². The zero-order valence-corrected chi connectivity index (χ0v) is 13.7. The molecule has 0 unspecified atom stereocenters. The predicted octanol–water partition coefficient (Wildman–Crippen LogP) is 6.94. The maximum atomic E-state index is 2.25. The van der Waals surface area contributed by atoms with E-state index in [0.29, 0.717) is 0 Å². The molecule has 0 nitrogen and oxygen atoms in total. The molecule has 0 heteroatoms. The van der Waals surface area contributed by atoms with Gasteiger partial charge in [-0.15, -0.1) is 0 Å². The van der Waals surface area contributed by atoms with Gasteiger partial charge in [-0.2, -0.15) is 0 Å². The van der Waals surface area contributed by atoms with E-state index in [4.69, 9.17) is 0 Å². The quantitative estimate of drug-likeness (QED) is 0.305. The van der Waals surface area contributed by atoms with Crippen LogP contribution in [0.15, 0.2) is 54.6 Å². The lowest BCUT2D eigenvalue weighted by molar-refractivity contribution is 1.50. The van der Waals surface area contributed by atoms with Crippen LogP contribution in [0.25, 0.3) is 32.3 Å². The molecule has 0 N–H and O–H groups in total. The molecule has 0 bridgehead atoms. The Labute approximate surface area is 127 Å². The smallest absolute Gasteiger partial charge is 0.00241 e. The van der Waals surface area contributed by atoms with Gasteiger partial charge in [0, 0.05) is 0 Å². The highest BCUT2D eigenvalue weighted by atomic mass is 14.1. The summed E-state index contributed by atoms with van der Waals surface area (Å²) >= 11 is 0. The van der Waals surface area contributed by atoms with E-state index in [1.54, 1.807) is 0 Å². The maximum absolute atomic E-state index is 2.25. The van der Waals surface area contributed by atoms with E-state index in [-0.39, 0.29) is 0 Å². The summed E-state index contributed by atoms with van der Waals surface area (Å²) in [4.78, 5) is 0. The van der Waals surface area contributed by atoms with Crippen LogP contribution in [0.5, 0.6) is 0 Å². The predicted molar refractivity (Wildman–Crippen MR) is 97.6 cm³/mol. The van der Waals surface area contributed by atoms with E-state index in [2.05, 4.69) is 61.5 Å². The van der Waals surface area contributed by atoms with Gasteiger partial charge >= 0.3 is 0 Å². The molecule has 0 aromatic heterocycles. The average molecular weight is 276 g/mol. The van der Waals surface area contributed by atoms with Gasteiger partial charge < -0.3 is 0 Å². The summed E-state index contributed by atoms with van der Waals surface area (Å²) in [5, 5.41) is 8.23. The largest absolute Gasteiger partial charge is 0.0683 e. The lowest BCUT2D eigenvalue weighted by atomic mass is 9.92. The Morgan fingerprint density at radius 3 is 1.62 bits per heavy atom. The highest BCUT2D eigenvalue weighted by Gasteiger charge is 2.08. The average Bonchev–Trinajstić information content (AvgIpc) is 2.58. The number of rotatable bonds is 0. The van der Waals surface area contributed by atoms with Gasteiger partial charge in [0.15, 0.2) is 0 Å². The number of benzene rings is 4. The summed E-state index contributed by atoms with van der Waals surface area (Å²) in [5.74, 6) is 0. The van der Waals surface area contributed by atoms with Crippen molar-refractivity contribution < 1.29 is 0 Å². The highest BCUT2D eigenvalue weighted by Crippen LogP contribution is 2.35. The van der Waals surface area contributed by atoms with Crippen molar-refractivity contribution in [1.29, 1.82) is 0 Å². The van der Waals surface area contributed by atoms with Crippen molar-refractivity contribution in [3.05, 3.63) is 60.2 Å². The van der Waals surface area contributed by atoms with Crippen LogP contribution < -0.4 is 0 Å². The summed E-state index contributed by atoms with van der Waals surface area (Å²) in [6.07, 6.45) is 0. The van der Waals surface area contributed by atoms with Crippen molar-refractivity contribution in [2.75, 3.05) is 0 Å². The topological polar surface area (TPSA) is 0 Å². The molecule has 108 valence electrons. The molecular formula is C21H24. The second kappa shape index (κ2) is 6.58. The van der Waals surface area contributed by atoms with Crippen LogP contribution in [-0.2, 0) is 0 Å². The highest BCUT2D eigenvalue weighted by molar-refractivity contribution is 6.23. The van der Waals surface area contributed by atoms with Crippen LogP contribution in [0.2, 0.25) is 0 Å². The molecule has 4 aromatic rings. The van der Waals surface area contributed by atoms with Gasteiger partial charge in [-0.05, 0) is 44.8 Å². The Kier molecular flexibility index (Phi) is 4.80. The fourth-order valence-corrected chi connectivity index (χ4v) is 2.88. The van der Waals surface area contributed by atoms with Crippen LogP contribution in [0.3, 0.4) is 0 Å². The fourth-order valence-electron chi connectivity index (χ4n) is 2.88. The Morgan fingerprint density at radius 1 is 0.524 bits per heavy atom. The summed E-state index contributed by atoms with van der Waals surface area (Å²) < 4.78 is 0. The molecule has 0 fully saturated rings. The SMILES string of the molecule is CC.CC.Cc1ccc2ccc3cccc4ccc1c2c34. The third-order valence-electron chi connectivity index (χ3n) is 3.75. The van der Waals surface area contributed by atoms with Gasteiger partial charge in [-0.25, -0.2) is 0 Å². The minimum atomic E-state index is 1.34. The van der Waals surface area contributed by atoms with E-state index >= 15 is 0 Å². The van der Waals surface area contributed by atoms with Crippen molar-refractivity contribution >= 4 is 32.3 Å². The standard InChI is InChI=1S/C17H12.2C2H6/c1-11-5-6-14-8-7-12-3-2-4-13-9-10-15(11)17(14)16(12)13;2*1-2/h2-10H,1H3;2*1-2H3. The lowest BCUT2D eigenvalue weighted by Crippen LogP contribution is -1.85. The number of hydrogen-bond donors (Lipinski definition) is 0. The Hall–Kier alpha value is -2.08. The molecule has 4 aromatic carbocycles. The minimum Gasteiger partial charge on any atom is -0.0683 e. The minimum absolute atomic E-state index is 1.34. The second-order valence-electron chi connectivity index (χ2n) is 4.74. The first-order chi connectivity index (χ1) is 10.3. The van der Waals surface area contributed by atoms with Crippen LogP contribution in [0.1, 0.15) is 33.3 Å². The maximum Gasteiger partial charge on any atom is -0.00241 e. The number of hydrogen-bond acceptors (Lipinski definition) is 0. The van der Waals surface area contributed by atoms with Gasteiger partial charge in [0.2, 0.25) is 0 Å². The number of aryl methyl sites for hydroxylation is 1. The van der Waals surface area contributed by atoms with E-state index in [1.807, 2.05) is 27.7 Å². The molecule has 0 saturated carbocycles. The van der Waals surface area contributed by atoms with Crippen molar-refractivity contribution in [2.24, 2.45) is 0 Å². The Bertz CT molecular complexity index is 824. The first kappa shape index (κ1) is 15.3. The van der Waals surface area contributed by atoms with E-state index in [9.17, 15) is 0 Å². The van der Waals surface area contributed by atoms with Crippen molar-refractivity contribution in [3.8, 4) is 0 Å². The summed E-state index contributed by atoms with van der Waals surface area (Å²) in [6.45, 7) is 10.2. The molecule has 4 rings (SSSR count). The normalized spacial score (nSPS) is 10.1.